The van der Waals surface area contributed by atoms with E-state index in [2.05, 4.69) is 24.0 Å². The first-order valence-electron chi connectivity index (χ1n) is 12.3. The van der Waals surface area contributed by atoms with Crippen LogP contribution in [0.3, 0.4) is 0 Å². The molecule has 0 aromatic heterocycles. The van der Waals surface area contributed by atoms with Crippen LogP contribution in [0.25, 0.3) is 6.08 Å². The Bertz CT molecular complexity index is 775. The van der Waals surface area contributed by atoms with Gasteiger partial charge in [-0.15, -0.1) is 0 Å². The zero-order chi connectivity index (χ0) is 23.7. The van der Waals surface area contributed by atoms with Gasteiger partial charge in [-0.2, -0.15) is 0 Å². The second kappa shape index (κ2) is 16.3. The molecule has 0 bridgehead atoms. The largest absolute Gasteiger partial charge is 0.493 e. The van der Waals surface area contributed by atoms with E-state index in [1.54, 1.807) is 0 Å². The molecule has 0 aliphatic carbocycles. The molecule has 5 nitrogen and oxygen atoms in total. The van der Waals surface area contributed by atoms with E-state index in [1.165, 1.54) is 12.0 Å². The Hall–Kier alpha value is -2.34. The molecule has 2 atom stereocenters. The molecule has 1 heterocycles. The first kappa shape index (κ1) is 26.9. The molecule has 0 saturated carbocycles. The van der Waals surface area contributed by atoms with E-state index < -0.39 is 0 Å². The van der Waals surface area contributed by atoms with Crippen LogP contribution in [0.1, 0.15) is 57.6 Å². The Morgan fingerprint density at radius 3 is 2.67 bits per heavy atom. The molecular weight excluding hydrogens is 414 g/mol. The van der Waals surface area contributed by atoms with Crippen LogP contribution < -0.4 is 10.1 Å². The van der Waals surface area contributed by atoms with E-state index >= 15 is 0 Å². The number of ether oxygens (including phenoxy) is 4. The fraction of sp³-hybridized carbons (Fsp3) is 0.500. The van der Waals surface area contributed by atoms with Crippen molar-refractivity contribution in [1.29, 1.82) is 0 Å². The lowest BCUT2D eigenvalue weighted by atomic mass is 10.1. The second-order valence-corrected chi connectivity index (χ2v) is 7.84. The molecule has 3 rings (SSSR count). The standard InChI is InChI=1S/C26H35NO4.C2H6/c1-3-23-18-24(13-14-25(23)27-26-12-7-8-16-30-26)29-17-9-15-28-19-21(2)31-20-22-10-5-4-6-11-22;1-2/h3-6,10-11,13-14,18,21,26-27H,1,7-9,12,15-17,19-20H2,2H3;1-2H3. The summed E-state index contributed by atoms with van der Waals surface area (Å²) in [5.41, 5.74) is 3.23. The highest BCUT2D eigenvalue weighted by atomic mass is 16.5. The summed E-state index contributed by atoms with van der Waals surface area (Å²) in [6.07, 6.45) is 6.18. The summed E-state index contributed by atoms with van der Waals surface area (Å²) in [7, 11) is 0. The summed E-state index contributed by atoms with van der Waals surface area (Å²) in [6.45, 7) is 13.2. The number of rotatable bonds is 13. The summed E-state index contributed by atoms with van der Waals surface area (Å²) in [4.78, 5) is 0. The van der Waals surface area contributed by atoms with Crippen molar-refractivity contribution < 1.29 is 18.9 Å². The van der Waals surface area contributed by atoms with E-state index in [4.69, 9.17) is 18.9 Å². The van der Waals surface area contributed by atoms with Crippen LogP contribution in [-0.4, -0.2) is 38.8 Å². The topological polar surface area (TPSA) is 49.0 Å². The van der Waals surface area contributed by atoms with Crippen molar-refractivity contribution in [2.75, 3.05) is 31.7 Å². The molecule has 1 aliphatic rings. The molecule has 0 radical (unpaired) electrons. The monoisotopic (exact) mass is 455 g/mol. The molecule has 2 aromatic carbocycles. The number of benzene rings is 2. The molecule has 2 aromatic rings. The van der Waals surface area contributed by atoms with Gasteiger partial charge in [0.15, 0.2) is 0 Å². The molecule has 33 heavy (non-hydrogen) atoms. The summed E-state index contributed by atoms with van der Waals surface area (Å²) in [6, 6.07) is 16.2. The van der Waals surface area contributed by atoms with Crippen LogP contribution in [-0.2, 0) is 20.8 Å². The zero-order valence-corrected chi connectivity index (χ0v) is 20.6. The van der Waals surface area contributed by atoms with E-state index in [0.29, 0.717) is 26.4 Å². The van der Waals surface area contributed by atoms with Crippen LogP contribution in [0.5, 0.6) is 5.75 Å². The maximum Gasteiger partial charge on any atom is 0.127 e. The third-order valence-electron chi connectivity index (χ3n) is 5.17. The van der Waals surface area contributed by atoms with Gasteiger partial charge in [0.2, 0.25) is 0 Å². The summed E-state index contributed by atoms with van der Waals surface area (Å²) < 4.78 is 23.2. The maximum atomic E-state index is 5.89. The smallest absolute Gasteiger partial charge is 0.127 e. The van der Waals surface area contributed by atoms with Gasteiger partial charge in [0.1, 0.15) is 12.0 Å². The third kappa shape index (κ3) is 10.4. The van der Waals surface area contributed by atoms with Crippen molar-refractivity contribution in [3.05, 3.63) is 66.2 Å². The quantitative estimate of drug-likeness (QED) is 0.341. The van der Waals surface area contributed by atoms with Crippen LogP contribution in [0.2, 0.25) is 0 Å². The molecule has 0 amide bonds. The Kier molecular flexibility index (Phi) is 13.3. The van der Waals surface area contributed by atoms with Crippen molar-refractivity contribution in [3.8, 4) is 5.75 Å². The zero-order valence-electron chi connectivity index (χ0n) is 20.6. The van der Waals surface area contributed by atoms with Crippen LogP contribution in [0, 0.1) is 0 Å². The van der Waals surface area contributed by atoms with Crippen molar-refractivity contribution in [3.63, 3.8) is 0 Å². The SMILES string of the molecule is C=Cc1cc(OCCCOCC(C)OCc2ccccc2)ccc1NC1CCCCO1.CC. The molecule has 1 N–H and O–H groups in total. The minimum atomic E-state index is 0.0597. The number of hydrogen-bond donors (Lipinski definition) is 1. The summed E-state index contributed by atoms with van der Waals surface area (Å²) in [5, 5.41) is 3.46. The summed E-state index contributed by atoms with van der Waals surface area (Å²) >= 11 is 0. The van der Waals surface area contributed by atoms with Crippen molar-refractivity contribution in [2.45, 2.75) is 65.4 Å². The Morgan fingerprint density at radius 2 is 1.94 bits per heavy atom. The van der Waals surface area contributed by atoms with Crippen LogP contribution in [0.4, 0.5) is 5.69 Å². The minimum Gasteiger partial charge on any atom is -0.493 e. The van der Waals surface area contributed by atoms with E-state index in [9.17, 15) is 0 Å². The summed E-state index contributed by atoms with van der Waals surface area (Å²) in [5.74, 6) is 0.838. The number of hydrogen-bond acceptors (Lipinski definition) is 5. The average Bonchev–Trinajstić information content (AvgIpc) is 2.88. The highest BCUT2D eigenvalue weighted by Gasteiger charge is 2.14. The van der Waals surface area contributed by atoms with Crippen LogP contribution in [0.15, 0.2) is 55.1 Å². The predicted octanol–water partition coefficient (Wildman–Crippen LogP) is 6.69. The average molecular weight is 456 g/mol. The Morgan fingerprint density at radius 1 is 1.12 bits per heavy atom. The van der Waals surface area contributed by atoms with Crippen molar-refractivity contribution >= 4 is 11.8 Å². The highest BCUT2D eigenvalue weighted by molar-refractivity contribution is 5.67. The van der Waals surface area contributed by atoms with Gasteiger partial charge in [0.05, 0.1) is 25.9 Å². The lowest BCUT2D eigenvalue weighted by Gasteiger charge is -2.25. The van der Waals surface area contributed by atoms with Gasteiger partial charge in [-0.1, -0.05) is 56.8 Å². The first-order chi connectivity index (χ1) is 16.2. The van der Waals surface area contributed by atoms with Gasteiger partial charge in [-0.25, -0.2) is 0 Å². The van der Waals surface area contributed by atoms with Crippen molar-refractivity contribution in [2.24, 2.45) is 0 Å². The molecule has 0 spiro atoms. The van der Waals surface area contributed by atoms with E-state index in [0.717, 1.165) is 42.9 Å². The van der Waals surface area contributed by atoms with Gasteiger partial charge in [-0.05, 0) is 49.9 Å². The van der Waals surface area contributed by atoms with Gasteiger partial charge in [-0.3, -0.25) is 0 Å². The van der Waals surface area contributed by atoms with Gasteiger partial charge in [0.25, 0.3) is 0 Å². The Balaban J connectivity index is 0.00000187. The van der Waals surface area contributed by atoms with E-state index in [-0.39, 0.29) is 12.3 Å². The highest BCUT2D eigenvalue weighted by Crippen LogP contribution is 2.26. The third-order valence-corrected chi connectivity index (χ3v) is 5.17. The molecule has 1 saturated heterocycles. The molecular formula is C28H41NO4. The first-order valence-corrected chi connectivity index (χ1v) is 12.3. The maximum absolute atomic E-state index is 5.89. The number of anilines is 1. The van der Waals surface area contributed by atoms with Crippen LogP contribution >= 0.6 is 0 Å². The van der Waals surface area contributed by atoms with E-state index in [1.807, 2.05) is 63.2 Å². The number of nitrogens with one attached hydrogen (secondary N) is 1. The predicted molar refractivity (Wildman–Crippen MR) is 137 cm³/mol. The molecule has 1 aliphatic heterocycles. The van der Waals surface area contributed by atoms with Gasteiger partial charge in [0, 0.05) is 30.9 Å². The molecule has 2 unspecified atom stereocenters. The van der Waals surface area contributed by atoms with Gasteiger partial charge >= 0.3 is 0 Å². The fourth-order valence-corrected chi connectivity index (χ4v) is 3.42. The molecule has 182 valence electrons. The molecule has 5 heteroatoms. The lowest BCUT2D eigenvalue weighted by molar-refractivity contribution is -0.0166. The molecule has 1 fully saturated rings. The van der Waals surface area contributed by atoms with Gasteiger partial charge < -0.3 is 24.3 Å². The normalized spacial score (nSPS) is 16.3. The Labute approximate surface area is 200 Å². The second-order valence-electron chi connectivity index (χ2n) is 7.84. The fourth-order valence-electron chi connectivity index (χ4n) is 3.42. The van der Waals surface area contributed by atoms with Crippen molar-refractivity contribution in [1.82, 2.24) is 0 Å². The minimum absolute atomic E-state index is 0.0597. The lowest BCUT2D eigenvalue weighted by Crippen LogP contribution is -2.27.